The van der Waals surface area contributed by atoms with Crippen molar-refractivity contribution >= 4 is 23.5 Å². The van der Waals surface area contributed by atoms with Crippen LogP contribution in [-0.2, 0) is 13.0 Å². The molecule has 0 N–H and O–H groups in total. The molecule has 3 aromatic carbocycles. The zero-order chi connectivity index (χ0) is 23.7. The Labute approximate surface area is 204 Å². The second-order valence-corrected chi connectivity index (χ2v) is 8.92. The first-order chi connectivity index (χ1) is 16.5. The van der Waals surface area contributed by atoms with Crippen LogP contribution in [0.2, 0.25) is 5.02 Å². The molecule has 0 aliphatic carbocycles. The normalized spacial score (nSPS) is 16.1. The lowest BCUT2D eigenvalue weighted by Gasteiger charge is -2.30. The molecule has 0 bridgehead atoms. The van der Waals surface area contributed by atoms with E-state index in [4.69, 9.17) is 25.8 Å². The summed E-state index contributed by atoms with van der Waals surface area (Å²) in [6, 6.07) is 17.5. The van der Waals surface area contributed by atoms with E-state index in [1.165, 1.54) is 5.56 Å². The molecule has 0 spiro atoms. The van der Waals surface area contributed by atoms with Gasteiger partial charge in [0.2, 0.25) is 5.78 Å². The second-order valence-electron chi connectivity index (χ2n) is 8.49. The molecule has 0 fully saturated rings. The fraction of sp³-hybridized carbons (Fsp3) is 0.250. The second kappa shape index (κ2) is 9.53. The van der Waals surface area contributed by atoms with Crippen molar-refractivity contribution in [1.29, 1.82) is 0 Å². The van der Waals surface area contributed by atoms with E-state index in [9.17, 15) is 4.79 Å². The van der Waals surface area contributed by atoms with Crippen molar-refractivity contribution in [2.75, 3.05) is 19.9 Å². The van der Waals surface area contributed by atoms with Crippen molar-refractivity contribution in [2.24, 2.45) is 0 Å². The average Bonchev–Trinajstić information content (AvgIpc) is 3.17. The van der Waals surface area contributed by atoms with Gasteiger partial charge in [-0.15, -0.1) is 0 Å². The van der Waals surface area contributed by atoms with Gasteiger partial charge in [-0.2, -0.15) is 0 Å². The number of halogens is 1. The van der Waals surface area contributed by atoms with Gasteiger partial charge in [-0.25, -0.2) is 0 Å². The number of ether oxygens (including phenoxy) is 3. The van der Waals surface area contributed by atoms with Gasteiger partial charge in [-0.05, 0) is 61.7 Å². The zero-order valence-corrected chi connectivity index (χ0v) is 20.0. The first kappa shape index (κ1) is 22.5. The number of ketones is 1. The number of rotatable bonds is 6. The summed E-state index contributed by atoms with van der Waals surface area (Å²) in [5.41, 5.74) is 4.41. The number of carbonyl (C=O) groups excluding carboxylic acids is 1. The summed E-state index contributed by atoms with van der Waals surface area (Å²) in [7, 11) is 0. The highest BCUT2D eigenvalue weighted by Gasteiger charge is 2.35. The molecule has 2 aliphatic rings. The van der Waals surface area contributed by atoms with Gasteiger partial charge in [0.1, 0.15) is 24.0 Å². The van der Waals surface area contributed by atoms with E-state index in [1.54, 1.807) is 6.08 Å². The molecule has 0 saturated carbocycles. The number of carbonyl (C=O) groups is 1. The number of aryl methyl sites for hydroxylation is 1. The molecule has 5 rings (SSSR count). The van der Waals surface area contributed by atoms with Gasteiger partial charge in [0.25, 0.3) is 0 Å². The fourth-order valence-corrected chi connectivity index (χ4v) is 4.51. The molecular formula is C28H26ClNO4. The predicted molar refractivity (Wildman–Crippen MR) is 133 cm³/mol. The molecule has 0 atom stereocenters. The van der Waals surface area contributed by atoms with Crippen LogP contribution in [0.15, 0.2) is 60.4 Å². The maximum atomic E-state index is 13.3. The van der Waals surface area contributed by atoms with E-state index in [-0.39, 0.29) is 5.78 Å². The number of hydrogen-bond acceptors (Lipinski definition) is 5. The summed E-state index contributed by atoms with van der Waals surface area (Å²) in [6.07, 6.45) is 2.64. The molecule has 174 valence electrons. The lowest BCUT2D eigenvalue weighted by Crippen LogP contribution is -2.33. The van der Waals surface area contributed by atoms with Crippen LogP contribution in [0.25, 0.3) is 6.08 Å². The van der Waals surface area contributed by atoms with Crippen LogP contribution in [0.4, 0.5) is 0 Å². The summed E-state index contributed by atoms with van der Waals surface area (Å²) in [5, 5.41) is 0.736. The van der Waals surface area contributed by atoms with Crippen LogP contribution < -0.4 is 14.2 Å². The van der Waals surface area contributed by atoms with Crippen LogP contribution in [0, 0.1) is 6.92 Å². The topological polar surface area (TPSA) is 48.0 Å². The highest BCUT2D eigenvalue weighted by molar-refractivity contribution is 6.30. The largest absolute Gasteiger partial charge is 0.493 e. The van der Waals surface area contributed by atoms with Crippen molar-refractivity contribution in [3.63, 3.8) is 0 Å². The highest BCUT2D eigenvalue weighted by atomic mass is 35.5. The zero-order valence-electron chi connectivity index (χ0n) is 19.3. The van der Waals surface area contributed by atoms with Crippen molar-refractivity contribution < 1.29 is 19.0 Å². The number of nitrogens with zero attached hydrogens (tertiary/aromatic N) is 1. The van der Waals surface area contributed by atoms with Crippen molar-refractivity contribution in [1.82, 2.24) is 4.90 Å². The van der Waals surface area contributed by atoms with Crippen LogP contribution in [0.5, 0.6) is 17.2 Å². The monoisotopic (exact) mass is 475 g/mol. The van der Waals surface area contributed by atoms with Crippen molar-refractivity contribution in [2.45, 2.75) is 26.8 Å². The number of para-hydroxylation sites is 1. The van der Waals surface area contributed by atoms with Crippen LogP contribution in [0.1, 0.15) is 39.5 Å². The molecule has 5 nitrogen and oxygen atoms in total. The van der Waals surface area contributed by atoms with E-state index in [1.807, 2.05) is 68.4 Å². The van der Waals surface area contributed by atoms with Gasteiger partial charge in [-0.3, -0.25) is 9.69 Å². The Kier molecular flexibility index (Phi) is 6.31. The summed E-state index contributed by atoms with van der Waals surface area (Å²) in [5.74, 6) is 2.30. The standard InChI is InChI=1S/C28H26ClNO4/c1-3-32-23-7-5-4-6-20(23)15-25-27(31)26-18(2)14-24-22(28(26)34-25)16-30(17-33-24)13-12-19-8-10-21(29)11-9-19/h4-11,14-15H,3,12-13,16-17H2,1-2H3/b25-15+. The van der Waals surface area contributed by atoms with E-state index in [2.05, 4.69) is 4.90 Å². The maximum absolute atomic E-state index is 13.3. The molecule has 2 aliphatic heterocycles. The third-order valence-electron chi connectivity index (χ3n) is 6.12. The fourth-order valence-electron chi connectivity index (χ4n) is 4.39. The SMILES string of the molecule is CCOc1ccccc1/C=C1/Oc2c3c(cc(C)c2C1=O)OCN(CCc1ccc(Cl)cc1)C3. The number of hydrogen-bond donors (Lipinski definition) is 0. The summed E-state index contributed by atoms with van der Waals surface area (Å²) >= 11 is 6.00. The van der Waals surface area contributed by atoms with E-state index in [0.717, 1.165) is 46.2 Å². The minimum absolute atomic E-state index is 0.111. The van der Waals surface area contributed by atoms with Gasteiger partial charge in [0, 0.05) is 23.7 Å². The maximum Gasteiger partial charge on any atom is 0.232 e. The summed E-state index contributed by atoms with van der Waals surface area (Å²) in [6.45, 7) is 6.38. The molecule has 0 unspecified atom stereocenters. The third-order valence-corrected chi connectivity index (χ3v) is 6.38. The van der Waals surface area contributed by atoms with Gasteiger partial charge >= 0.3 is 0 Å². The molecule has 0 amide bonds. The Morgan fingerprint density at radius 2 is 1.94 bits per heavy atom. The first-order valence-corrected chi connectivity index (χ1v) is 11.8. The molecular weight excluding hydrogens is 450 g/mol. The Morgan fingerprint density at radius 3 is 2.74 bits per heavy atom. The van der Waals surface area contributed by atoms with Crippen LogP contribution >= 0.6 is 11.6 Å². The molecule has 34 heavy (non-hydrogen) atoms. The number of allylic oxidation sites excluding steroid dienone is 1. The lowest BCUT2D eigenvalue weighted by atomic mass is 9.98. The molecule has 3 aromatic rings. The van der Waals surface area contributed by atoms with Gasteiger partial charge in [-0.1, -0.05) is 41.9 Å². The Morgan fingerprint density at radius 1 is 1.15 bits per heavy atom. The average molecular weight is 476 g/mol. The van der Waals surface area contributed by atoms with E-state index >= 15 is 0 Å². The minimum atomic E-state index is -0.111. The van der Waals surface area contributed by atoms with Crippen molar-refractivity contribution in [3.05, 3.63) is 93.2 Å². The first-order valence-electron chi connectivity index (χ1n) is 11.5. The molecule has 6 heteroatoms. The smallest absolute Gasteiger partial charge is 0.232 e. The number of fused-ring (bicyclic) bond motifs is 3. The molecule has 0 saturated heterocycles. The quantitative estimate of drug-likeness (QED) is 0.406. The lowest BCUT2D eigenvalue weighted by molar-refractivity contribution is 0.0949. The minimum Gasteiger partial charge on any atom is -0.493 e. The van der Waals surface area contributed by atoms with E-state index < -0.39 is 0 Å². The van der Waals surface area contributed by atoms with E-state index in [0.29, 0.717) is 37.0 Å². The van der Waals surface area contributed by atoms with Gasteiger partial charge < -0.3 is 14.2 Å². The predicted octanol–water partition coefficient (Wildman–Crippen LogP) is 6.06. The number of Topliss-reactive ketones (excluding diaryl/α,β-unsaturated/α-hetero) is 1. The molecule has 0 aromatic heterocycles. The highest BCUT2D eigenvalue weighted by Crippen LogP contribution is 2.44. The third kappa shape index (κ3) is 4.41. The van der Waals surface area contributed by atoms with Crippen LogP contribution in [-0.4, -0.2) is 30.6 Å². The Hall–Kier alpha value is -3.28. The Balaban J connectivity index is 1.40. The van der Waals surface area contributed by atoms with Gasteiger partial charge in [0.15, 0.2) is 5.76 Å². The Bertz CT molecular complexity index is 1270. The van der Waals surface area contributed by atoms with Crippen LogP contribution in [0.3, 0.4) is 0 Å². The molecule has 0 radical (unpaired) electrons. The summed E-state index contributed by atoms with van der Waals surface area (Å²) in [4.78, 5) is 15.5. The number of benzene rings is 3. The van der Waals surface area contributed by atoms with Gasteiger partial charge in [0.05, 0.1) is 17.7 Å². The summed E-state index contributed by atoms with van der Waals surface area (Å²) < 4.78 is 18.0. The molecule has 2 heterocycles. The van der Waals surface area contributed by atoms with Crippen molar-refractivity contribution in [3.8, 4) is 17.2 Å².